The number of benzene rings is 1. The van der Waals surface area contributed by atoms with Gasteiger partial charge in [0.25, 0.3) is 0 Å². The molecule has 6 N–H and O–H groups in total. The van der Waals surface area contributed by atoms with Gasteiger partial charge in [-0.3, -0.25) is 10.8 Å². The molecule has 0 aromatic heterocycles. The Morgan fingerprint density at radius 1 is 0.824 bits per heavy atom. The molecular weight excluding hydrogens is 212 g/mol. The average molecular weight is 232 g/mol. The highest BCUT2D eigenvalue weighted by molar-refractivity contribution is 5.77. The zero-order chi connectivity index (χ0) is 12.7. The van der Waals surface area contributed by atoms with Crippen LogP contribution in [-0.2, 0) is 12.8 Å². The van der Waals surface area contributed by atoms with E-state index in [4.69, 9.17) is 22.3 Å². The first-order chi connectivity index (χ1) is 8.08. The Labute approximate surface area is 102 Å². The lowest BCUT2D eigenvalue weighted by molar-refractivity contribution is 0.856. The summed E-state index contributed by atoms with van der Waals surface area (Å²) in [4.78, 5) is 0. The molecule has 1 aromatic carbocycles. The summed E-state index contributed by atoms with van der Waals surface area (Å²) >= 11 is 0. The van der Waals surface area contributed by atoms with Crippen LogP contribution in [0.4, 0.5) is 0 Å². The fraction of sp³-hybridized carbons (Fsp3) is 0.385. The second-order valence-corrected chi connectivity index (χ2v) is 4.22. The van der Waals surface area contributed by atoms with E-state index in [1.165, 1.54) is 11.1 Å². The van der Waals surface area contributed by atoms with Crippen molar-refractivity contribution in [2.45, 2.75) is 32.1 Å². The standard InChI is InChI=1S/C13H20N4/c14-12(15)3-1-2-10-4-6-11(7-5-10)8-9-13(16)17/h4-7H,1-3,8-9H2,(H3,14,15)(H3,16,17). The van der Waals surface area contributed by atoms with Crippen molar-refractivity contribution in [3.05, 3.63) is 35.4 Å². The Bertz CT molecular complexity index is 381. The van der Waals surface area contributed by atoms with Crippen LogP contribution < -0.4 is 11.5 Å². The van der Waals surface area contributed by atoms with Crippen molar-refractivity contribution in [2.75, 3.05) is 0 Å². The van der Waals surface area contributed by atoms with E-state index in [-0.39, 0.29) is 11.7 Å². The predicted molar refractivity (Wildman–Crippen MR) is 71.5 cm³/mol. The molecule has 17 heavy (non-hydrogen) atoms. The van der Waals surface area contributed by atoms with Gasteiger partial charge in [-0.1, -0.05) is 24.3 Å². The summed E-state index contributed by atoms with van der Waals surface area (Å²) in [5.41, 5.74) is 13.1. The van der Waals surface area contributed by atoms with Crippen molar-refractivity contribution in [1.82, 2.24) is 0 Å². The quantitative estimate of drug-likeness (QED) is 0.426. The van der Waals surface area contributed by atoms with Gasteiger partial charge in [-0.25, -0.2) is 0 Å². The SMILES string of the molecule is N=C(N)CCCc1ccc(CCC(=N)N)cc1. The third kappa shape index (κ3) is 5.70. The van der Waals surface area contributed by atoms with Crippen LogP contribution in [0.5, 0.6) is 0 Å². The highest BCUT2D eigenvalue weighted by Gasteiger charge is 1.97. The van der Waals surface area contributed by atoms with Crippen LogP contribution in [0, 0.1) is 10.8 Å². The van der Waals surface area contributed by atoms with Gasteiger partial charge in [-0.05, 0) is 30.4 Å². The van der Waals surface area contributed by atoms with Crippen LogP contribution in [-0.4, -0.2) is 11.7 Å². The minimum Gasteiger partial charge on any atom is -0.388 e. The number of amidine groups is 2. The predicted octanol–water partition coefficient (Wildman–Crippen LogP) is 1.81. The van der Waals surface area contributed by atoms with Gasteiger partial charge in [0, 0.05) is 12.8 Å². The van der Waals surface area contributed by atoms with E-state index in [2.05, 4.69) is 24.3 Å². The fourth-order valence-corrected chi connectivity index (χ4v) is 1.63. The second kappa shape index (κ2) is 6.68. The van der Waals surface area contributed by atoms with Gasteiger partial charge in [0.2, 0.25) is 0 Å². The number of nitrogens with two attached hydrogens (primary N) is 2. The van der Waals surface area contributed by atoms with Crippen molar-refractivity contribution in [2.24, 2.45) is 11.5 Å². The third-order valence-corrected chi connectivity index (χ3v) is 2.62. The van der Waals surface area contributed by atoms with Gasteiger partial charge in [0.1, 0.15) is 0 Å². The number of hydrogen-bond donors (Lipinski definition) is 4. The number of aryl methyl sites for hydroxylation is 2. The second-order valence-electron chi connectivity index (χ2n) is 4.22. The van der Waals surface area contributed by atoms with Gasteiger partial charge in [0.05, 0.1) is 11.7 Å². The Hall–Kier alpha value is -1.84. The van der Waals surface area contributed by atoms with Crippen molar-refractivity contribution < 1.29 is 0 Å². The van der Waals surface area contributed by atoms with E-state index >= 15 is 0 Å². The number of hydrogen-bond acceptors (Lipinski definition) is 2. The molecule has 4 heteroatoms. The van der Waals surface area contributed by atoms with Crippen molar-refractivity contribution >= 4 is 11.7 Å². The van der Waals surface area contributed by atoms with Gasteiger partial charge in [-0.15, -0.1) is 0 Å². The van der Waals surface area contributed by atoms with E-state index < -0.39 is 0 Å². The topological polar surface area (TPSA) is 99.7 Å². The van der Waals surface area contributed by atoms with Crippen molar-refractivity contribution in [3.63, 3.8) is 0 Å². The van der Waals surface area contributed by atoms with Crippen molar-refractivity contribution in [3.8, 4) is 0 Å². The molecule has 0 fully saturated rings. The Balaban J connectivity index is 2.39. The normalized spacial score (nSPS) is 10.1. The molecule has 0 saturated carbocycles. The van der Waals surface area contributed by atoms with Crippen LogP contribution >= 0.6 is 0 Å². The lowest BCUT2D eigenvalue weighted by Crippen LogP contribution is -2.10. The molecule has 0 bridgehead atoms. The molecule has 0 aliphatic heterocycles. The van der Waals surface area contributed by atoms with Crippen molar-refractivity contribution in [1.29, 1.82) is 10.8 Å². The maximum absolute atomic E-state index is 7.16. The Morgan fingerprint density at radius 3 is 1.76 bits per heavy atom. The summed E-state index contributed by atoms with van der Waals surface area (Å²) in [6.07, 6.45) is 3.97. The molecule has 1 rings (SSSR count). The van der Waals surface area contributed by atoms with Gasteiger partial charge in [-0.2, -0.15) is 0 Å². The number of rotatable bonds is 7. The first-order valence-electron chi connectivity index (χ1n) is 5.81. The molecule has 0 radical (unpaired) electrons. The molecule has 0 aliphatic carbocycles. The molecule has 1 aromatic rings. The fourth-order valence-electron chi connectivity index (χ4n) is 1.63. The molecule has 0 unspecified atom stereocenters. The van der Waals surface area contributed by atoms with Crippen LogP contribution in [0.15, 0.2) is 24.3 Å². The zero-order valence-electron chi connectivity index (χ0n) is 10.00. The molecule has 0 aliphatic rings. The molecule has 0 spiro atoms. The maximum Gasteiger partial charge on any atom is 0.0908 e. The summed E-state index contributed by atoms with van der Waals surface area (Å²) in [6, 6.07) is 8.34. The van der Waals surface area contributed by atoms with Crippen LogP contribution in [0.3, 0.4) is 0 Å². The lowest BCUT2D eigenvalue weighted by Gasteiger charge is -2.04. The molecule has 0 saturated heterocycles. The minimum absolute atomic E-state index is 0.232. The van der Waals surface area contributed by atoms with Gasteiger partial charge >= 0.3 is 0 Å². The molecule has 0 heterocycles. The van der Waals surface area contributed by atoms with Gasteiger partial charge < -0.3 is 11.5 Å². The van der Waals surface area contributed by atoms with E-state index in [0.717, 1.165) is 19.3 Å². The van der Waals surface area contributed by atoms with E-state index in [1.807, 2.05) is 0 Å². The van der Waals surface area contributed by atoms with E-state index in [1.54, 1.807) is 0 Å². The average Bonchev–Trinajstić information content (AvgIpc) is 2.27. The van der Waals surface area contributed by atoms with Crippen LogP contribution in [0.25, 0.3) is 0 Å². The van der Waals surface area contributed by atoms with Crippen LogP contribution in [0.2, 0.25) is 0 Å². The number of nitrogens with one attached hydrogen (secondary N) is 2. The highest BCUT2D eigenvalue weighted by atomic mass is 14.7. The first-order valence-corrected chi connectivity index (χ1v) is 5.81. The molecule has 92 valence electrons. The Kier molecular flexibility index (Phi) is 5.20. The minimum atomic E-state index is 0.232. The summed E-state index contributed by atoms with van der Waals surface area (Å²) in [7, 11) is 0. The third-order valence-electron chi connectivity index (χ3n) is 2.62. The lowest BCUT2D eigenvalue weighted by atomic mass is 10.0. The zero-order valence-corrected chi connectivity index (χ0v) is 10.00. The van der Waals surface area contributed by atoms with E-state index in [9.17, 15) is 0 Å². The largest absolute Gasteiger partial charge is 0.388 e. The smallest absolute Gasteiger partial charge is 0.0908 e. The maximum atomic E-state index is 7.16. The molecule has 0 atom stereocenters. The summed E-state index contributed by atoms with van der Waals surface area (Å²) in [6.45, 7) is 0. The monoisotopic (exact) mass is 232 g/mol. The van der Waals surface area contributed by atoms with Gasteiger partial charge in [0.15, 0.2) is 0 Å². The van der Waals surface area contributed by atoms with Crippen LogP contribution in [0.1, 0.15) is 30.4 Å². The molecule has 4 nitrogen and oxygen atoms in total. The summed E-state index contributed by atoms with van der Waals surface area (Å²) in [5.74, 6) is 0.485. The highest BCUT2D eigenvalue weighted by Crippen LogP contribution is 2.09. The Morgan fingerprint density at radius 2 is 1.29 bits per heavy atom. The first kappa shape index (κ1) is 13.2. The summed E-state index contributed by atoms with van der Waals surface area (Å²) < 4.78 is 0. The van der Waals surface area contributed by atoms with E-state index in [0.29, 0.717) is 12.8 Å². The molecular formula is C13H20N4. The molecule has 0 amide bonds. The summed E-state index contributed by atoms with van der Waals surface area (Å²) in [5, 5.41) is 14.3.